The van der Waals surface area contributed by atoms with Crippen molar-refractivity contribution in [3.8, 4) is 5.75 Å². The van der Waals surface area contributed by atoms with Crippen LogP contribution in [0, 0.1) is 0 Å². The first-order valence-corrected chi connectivity index (χ1v) is 8.32. The maximum absolute atomic E-state index is 12.1. The third-order valence-electron chi connectivity index (χ3n) is 3.70. The topological polar surface area (TPSA) is 57.1 Å². The predicted octanol–water partition coefficient (Wildman–Crippen LogP) is 4.35. The minimum absolute atomic E-state index is 0.0694. The van der Waals surface area contributed by atoms with Gasteiger partial charge in [-0.3, -0.25) is 0 Å². The summed E-state index contributed by atoms with van der Waals surface area (Å²) < 4.78 is 10.6. The van der Waals surface area contributed by atoms with Crippen LogP contribution in [0.3, 0.4) is 0 Å². The van der Waals surface area contributed by atoms with Gasteiger partial charge in [0.1, 0.15) is 12.4 Å². The zero-order valence-electron chi connectivity index (χ0n) is 13.4. The van der Waals surface area contributed by atoms with Crippen LogP contribution in [-0.2, 0) is 9.57 Å². The van der Waals surface area contributed by atoms with Crippen LogP contribution in [0.2, 0.25) is 10.0 Å². The number of halogens is 2. The summed E-state index contributed by atoms with van der Waals surface area (Å²) in [6.07, 6.45) is 0.164. The molecule has 1 aliphatic heterocycles. The third-order valence-corrected chi connectivity index (χ3v) is 4.25. The van der Waals surface area contributed by atoms with Crippen molar-refractivity contribution in [2.45, 2.75) is 12.5 Å². The molecule has 0 saturated carbocycles. The summed E-state index contributed by atoms with van der Waals surface area (Å²) in [4.78, 5) is 17.5. The predicted molar refractivity (Wildman–Crippen MR) is 95.8 cm³/mol. The van der Waals surface area contributed by atoms with Gasteiger partial charge in [-0.25, -0.2) is 4.79 Å². The molecule has 0 spiro atoms. The van der Waals surface area contributed by atoms with Crippen LogP contribution in [0.25, 0.3) is 0 Å². The molecule has 1 atom stereocenters. The van der Waals surface area contributed by atoms with Crippen LogP contribution in [-0.4, -0.2) is 31.5 Å². The van der Waals surface area contributed by atoms with E-state index in [0.717, 1.165) is 17.0 Å². The van der Waals surface area contributed by atoms with Gasteiger partial charge in [0, 0.05) is 17.0 Å². The number of hydrogen-bond acceptors (Lipinski definition) is 5. The number of esters is 1. The van der Waals surface area contributed by atoms with E-state index in [4.69, 9.17) is 37.5 Å². The summed E-state index contributed by atoms with van der Waals surface area (Å²) in [5.74, 6) is 0.187. The zero-order chi connectivity index (χ0) is 17.8. The molecule has 0 fully saturated rings. The number of benzene rings is 2. The minimum atomic E-state index is -0.531. The first-order chi connectivity index (χ1) is 12.1. The average molecular weight is 380 g/mol. The van der Waals surface area contributed by atoms with Gasteiger partial charge in [0.05, 0.1) is 23.4 Å². The largest absolute Gasteiger partial charge is 0.496 e. The molecule has 0 amide bonds. The molecule has 3 rings (SSSR count). The molecule has 7 heteroatoms. The highest BCUT2D eigenvalue weighted by atomic mass is 35.5. The number of rotatable bonds is 5. The second-order valence-corrected chi connectivity index (χ2v) is 6.24. The Bertz CT molecular complexity index is 822. The molecule has 0 N–H and O–H groups in total. The van der Waals surface area contributed by atoms with Gasteiger partial charge in [0.2, 0.25) is 0 Å². The van der Waals surface area contributed by atoms with E-state index in [2.05, 4.69) is 5.16 Å². The lowest BCUT2D eigenvalue weighted by Crippen LogP contribution is -2.19. The monoisotopic (exact) mass is 379 g/mol. The first-order valence-electron chi connectivity index (χ1n) is 7.56. The Morgan fingerprint density at radius 2 is 2.08 bits per heavy atom. The van der Waals surface area contributed by atoms with Gasteiger partial charge in [0.25, 0.3) is 0 Å². The normalized spacial score (nSPS) is 16.1. The molecule has 0 saturated heterocycles. The number of oxime groups is 1. The van der Waals surface area contributed by atoms with Crippen molar-refractivity contribution in [3.05, 3.63) is 63.6 Å². The lowest BCUT2D eigenvalue weighted by Gasteiger charge is -2.10. The highest BCUT2D eigenvalue weighted by Gasteiger charge is 2.26. The van der Waals surface area contributed by atoms with Gasteiger partial charge in [-0.1, -0.05) is 40.5 Å². The van der Waals surface area contributed by atoms with Crippen molar-refractivity contribution in [2.24, 2.45) is 5.16 Å². The number of ether oxygens (including phenoxy) is 2. The number of para-hydroxylation sites is 1. The second-order valence-electron chi connectivity index (χ2n) is 5.39. The Labute approximate surface area is 155 Å². The summed E-state index contributed by atoms with van der Waals surface area (Å²) in [5, 5.41) is 4.78. The molecule has 130 valence electrons. The Balaban J connectivity index is 1.58. The van der Waals surface area contributed by atoms with Crippen molar-refractivity contribution >= 4 is 34.9 Å². The summed E-state index contributed by atoms with van der Waals surface area (Å²) in [7, 11) is 1.60. The highest BCUT2D eigenvalue weighted by Crippen LogP contribution is 2.25. The van der Waals surface area contributed by atoms with Gasteiger partial charge in [-0.15, -0.1) is 0 Å². The molecule has 1 heterocycles. The fourth-order valence-electron chi connectivity index (χ4n) is 2.46. The molecule has 0 aromatic heterocycles. The third kappa shape index (κ3) is 4.06. The molecule has 1 unspecified atom stereocenters. The van der Waals surface area contributed by atoms with Crippen LogP contribution in [0.1, 0.15) is 22.3 Å². The zero-order valence-corrected chi connectivity index (χ0v) is 14.9. The summed E-state index contributed by atoms with van der Waals surface area (Å²) in [5.41, 5.74) is 1.87. The average Bonchev–Trinajstić information content (AvgIpc) is 3.08. The SMILES string of the molecule is COc1ccccc1C1=NOC(COC(=O)c2ccc(Cl)cc2Cl)C1. The lowest BCUT2D eigenvalue weighted by atomic mass is 10.0. The standard InChI is InChI=1S/C18H15Cl2NO4/c1-23-17-5-3-2-4-14(17)16-9-12(25-21-16)10-24-18(22)13-7-6-11(19)8-15(13)20/h2-8,12H,9-10H2,1H3. The molecule has 2 aromatic carbocycles. The van der Waals surface area contributed by atoms with Crippen LogP contribution in [0.4, 0.5) is 0 Å². The van der Waals surface area contributed by atoms with E-state index >= 15 is 0 Å². The van der Waals surface area contributed by atoms with Gasteiger partial charge in [-0.2, -0.15) is 0 Å². The van der Waals surface area contributed by atoms with Gasteiger partial charge in [-0.05, 0) is 30.3 Å². The molecular formula is C18H15Cl2NO4. The molecule has 5 nitrogen and oxygen atoms in total. The van der Waals surface area contributed by atoms with E-state index in [0.29, 0.717) is 11.4 Å². The summed E-state index contributed by atoms with van der Waals surface area (Å²) in [6, 6.07) is 12.1. The van der Waals surface area contributed by atoms with Crippen LogP contribution in [0.5, 0.6) is 5.75 Å². The number of methoxy groups -OCH3 is 1. The Kier molecular flexibility index (Phi) is 5.46. The first kappa shape index (κ1) is 17.6. The number of carbonyl (C=O) groups excluding carboxylic acids is 1. The maximum atomic E-state index is 12.1. The van der Waals surface area contributed by atoms with Crippen LogP contribution in [0.15, 0.2) is 47.6 Å². The van der Waals surface area contributed by atoms with Gasteiger partial charge < -0.3 is 14.3 Å². The van der Waals surface area contributed by atoms with Crippen molar-refractivity contribution < 1.29 is 19.1 Å². The summed E-state index contributed by atoms with van der Waals surface area (Å²) >= 11 is 11.8. The van der Waals surface area contributed by atoms with Crippen LogP contribution >= 0.6 is 23.2 Å². The van der Waals surface area contributed by atoms with Gasteiger partial charge in [0.15, 0.2) is 6.10 Å². The smallest absolute Gasteiger partial charge is 0.339 e. The maximum Gasteiger partial charge on any atom is 0.339 e. The van der Waals surface area contributed by atoms with E-state index in [1.807, 2.05) is 24.3 Å². The Morgan fingerprint density at radius 1 is 1.28 bits per heavy atom. The fraction of sp³-hybridized carbons (Fsp3) is 0.222. The molecule has 1 aliphatic rings. The quantitative estimate of drug-likeness (QED) is 0.724. The van der Waals surface area contributed by atoms with E-state index in [9.17, 15) is 4.79 Å². The van der Waals surface area contributed by atoms with E-state index in [1.54, 1.807) is 13.2 Å². The van der Waals surface area contributed by atoms with Crippen molar-refractivity contribution in [2.75, 3.05) is 13.7 Å². The minimum Gasteiger partial charge on any atom is -0.496 e. The van der Waals surface area contributed by atoms with E-state index in [1.165, 1.54) is 12.1 Å². The molecule has 25 heavy (non-hydrogen) atoms. The van der Waals surface area contributed by atoms with Gasteiger partial charge >= 0.3 is 5.97 Å². The van der Waals surface area contributed by atoms with Crippen molar-refractivity contribution in [1.82, 2.24) is 0 Å². The van der Waals surface area contributed by atoms with E-state index < -0.39 is 5.97 Å². The molecule has 2 aromatic rings. The number of hydrogen-bond donors (Lipinski definition) is 0. The Hall–Kier alpha value is -2.24. The van der Waals surface area contributed by atoms with Crippen molar-refractivity contribution in [1.29, 1.82) is 0 Å². The number of carbonyl (C=O) groups is 1. The van der Waals surface area contributed by atoms with E-state index in [-0.39, 0.29) is 23.3 Å². The molecule has 0 bridgehead atoms. The molecule has 0 radical (unpaired) electrons. The van der Waals surface area contributed by atoms with Crippen LogP contribution < -0.4 is 4.74 Å². The lowest BCUT2D eigenvalue weighted by molar-refractivity contribution is 0.00687. The second kappa shape index (κ2) is 7.76. The summed E-state index contributed by atoms with van der Waals surface area (Å²) in [6.45, 7) is 0.0694. The number of nitrogens with zero attached hydrogens (tertiary/aromatic N) is 1. The Morgan fingerprint density at radius 3 is 2.84 bits per heavy atom. The molecule has 0 aliphatic carbocycles. The molecular weight excluding hydrogens is 365 g/mol. The fourth-order valence-corrected chi connectivity index (χ4v) is 2.95. The van der Waals surface area contributed by atoms with Crippen molar-refractivity contribution in [3.63, 3.8) is 0 Å². The highest BCUT2D eigenvalue weighted by molar-refractivity contribution is 6.36.